The lowest BCUT2D eigenvalue weighted by molar-refractivity contribution is 0.297. The maximum atomic E-state index is 8.90. The van der Waals surface area contributed by atoms with Crippen LogP contribution in [0, 0.1) is 6.92 Å². The van der Waals surface area contributed by atoms with Crippen molar-refractivity contribution in [1.29, 1.82) is 0 Å². The first kappa shape index (κ1) is 11.2. The molecule has 0 saturated carbocycles. The van der Waals surface area contributed by atoms with Gasteiger partial charge < -0.3 is 5.11 Å². The zero-order valence-electron chi connectivity index (χ0n) is 9.76. The predicted molar refractivity (Wildman–Crippen MR) is 57.4 cm³/mol. The maximum Gasteiger partial charge on any atom is 0.0679 e. The minimum Gasteiger partial charge on any atom is -0.396 e. The first-order valence-electron chi connectivity index (χ1n) is 5.01. The first-order chi connectivity index (χ1) is 6.38. The summed E-state index contributed by atoms with van der Waals surface area (Å²) in [6, 6.07) is 0. The summed E-state index contributed by atoms with van der Waals surface area (Å²) in [6.45, 7) is 8.79. The number of hydrogen-bond acceptors (Lipinski definition) is 2. The van der Waals surface area contributed by atoms with E-state index in [1.54, 1.807) is 0 Å². The second-order valence-corrected chi connectivity index (χ2v) is 4.77. The molecule has 0 aliphatic rings. The van der Waals surface area contributed by atoms with Gasteiger partial charge in [0.1, 0.15) is 0 Å². The van der Waals surface area contributed by atoms with E-state index in [1.807, 2.05) is 11.7 Å². The van der Waals surface area contributed by atoms with Crippen LogP contribution in [0.1, 0.15) is 37.7 Å². The quantitative estimate of drug-likeness (QED) is 0.779. The smallest absolute Gasteiger partial charge is 0.0679 e. The molecule has 0 atom stereocenters. The average molecular weight is 196 g/mol. The van der Waals surface area contributed by atoms with Gasteiger partial charge >= 0.3 is 0 Å². The Morgan fingerprint density at radius 3 is 2.29 bits per heavy atom. The van der Waals surface area contributed by atoms with Crippen molar-refractivity contribution in [3.63, 3.8) is 0 Å². The highest BCUT2D eigenvalue weighted by Crippen LogP contribution is 2.26. The number of aliphatic hydroxyl groups excluding tert-OH is 1. The number of nitrogens with zero attached hydrogens (tertiary/aromatic N) is 2. The SMILES string of the molecule is Cc1c(CCO)nn(C)c1C(C)(C)C. The molecular formula is C11H20N2O. The van der Waals surface area contributed by atoms with Gasteiger partial charge in [-0.3, -0.25) is 4.68 Å². The number of aryl methyl sites for hydroxylation is 1. The van der Waals surface area contributed by atoms with Crippen LogP contribution in [0.2, 0.25) is 0 Å². The van der Waals surface area contributed by atoms with Crippen molar-refractivity contribution in [2.24, 2.45) is 7.05 Å². The highest BCUT2D eigenvalue weighted by Gasteiger charge is 2.23. The topological polar surface area (TPSA) is 38.1 Å². The van der Waals surface area contributed by atoms with E-state index in [-0.39, 0.29) is 12.0 Å². The molecule has 3 heteroatoms. The fourth-order valence-corrected chi connectivity index (χ4v) is 2.08. The number of aliphatic hydroxyl groups is 1. The molecule has 80 valence electrons. The third-order valence-corrected chi connectivity index (χ3v) is 2.44. The summed E-state index contributed by atoms with van der Waals surface area (Å²) in [5.74, 6) is 0. The fourth-order valence-electron chi connectivity index (χ4n) is 2.08. The Hall–Kier alpha value is -0.830. The van der Waals surface area contributed by atoms with Crippen LogP contribution in [0.25, 0.3) is 0 Å². The molecule has 0 radical (unpaired) electrons. The van der Waals surface area contributed by atoms with Crippen LogP contribution in [0.3, 0.4) is 0 Å². The van der Waals surface area contributed by atoms with Crippen LogP contribution in [-0.2, 0) is 18.9 Å². The van der Waals surface area contributed by atoms with E-state index in [1.165, 1.54) is 11.3 Å². The van der Waals surface area contributed by atoms with E-state index in [4.69, 9.17) is 5.11 Å². The second-order valence-electron chi connectivity index (χ2n) is 4.77. The van der Waals surface area contributed by atoms with Gasteiger partial charge in [0.25, 0.3) is 0 Å². The third kappa shape index (κ3) is 1.98. The minimum atomic E-state index is 0.111. The van der Waals surface area contributed by atoms with Gasteiger partial charge in [0.15, 0.2) is 0 Å². The summed E-state index contributed by atoms with van der Waals surface area (Å²) < 4.78 is 1.93. The summed E-state index contributed by atoms with van der Waals surface area (Å²) in [5, 5.41) is 13.3. The number of aromatic nitrogens is 2. The summed E-state index contributed by atoms with van der Waals surface area (Å²) >= 11 is 0. The highest BCUT2D eigenvalue weighted by atomic mass is 16.3. The number of rotatable bonds is 2. The summed E-state index contributed by atoms with van der Waals surface area (Å²) in [5.41, 5.74) is 3.59. The summed E-state index contributed by atoms with van der Waals surface area (Å²) in [6.07, 6.45) is 0.649. The van der Waals surface area contributed by atoms with E-state index in [9.17, 15) is 0 Å². The van der Waals surface area contributed by atoms with Crippen molar-refractivity contribution in [2.75, 3.05) is 6.61 Å². The Morgan fingerprint density at radius 2 is 1.93 bits per heavy atom. The third-order valence-electron chi connectivity index (χ3n) is 2.44. The Kier molecular flexibility index (Phi) is 3.00. The molecule has 0 saturated heterocycles. The lowest BCUT2D eigenvalue weighted by atomic mass is 9.88. The van der Waals surface area contributed by atoms with Crippen molar-refractivity contribution < 1.29 is 5.11 Å². The lowest BCUT2D eigenvalue weighted by Crippen LogP contribution is -2.17. The molecule has 1 aromatic rings. The van der Waals surface area contributed by atoms with Gasteiger partial charge in [0, 0.05) is 31.2 Å². The molecule has 14 heavy (non-hydrogen) atoms. The average Bonchev–Trinajstić information content (AvgIpc) is 2.26. The van der Waals surface area contributed by atoms with E-state index in [0.29, 0.717) is 6.42 Å². The molecule has 1 heterocycles. The molecule has 0 spiro atoms. The molecule has 0 aliphatic heterocycles. The highest BCUT2D eigenvalue weighted by molar-refractivity contribution is 5.30. The lowest BCUT2D eigenvalue weighted by Gasteiger charge is -2.20. The molecule has 3 nitrogen and oxygen atoms in total. The molecule has 0 aliphatic carbocycles. The predicted octanol–water partition coefficient (Wildman–Crippen LogP) is 1.56. The van der Waals surface area contributed by atoms with Crippen LogP contribution in [0.5, 0.6) is 0 Å². The van der Waals surface area contributed by atoms with Gasteiger partial charge in [-0.25, -0.2) is 0 Å². The summed E-state index contributed by atoms with van der Waals surface area (Å²) in [4.78, 5) is 0. The maximum absolute atomic E-state index is 8.90. The standard InChI is InChI=1S/C11H20N2O/c1-8-9(6-7-14)12-13(5)10(8)11(2,3)4/h14H,6-7H2,1-5H3. The molecule has 1 N–H and O–H groups in total. The van der Waals surface area contributed by atoms with Gasteiger partial charge in [-0.05, 0) is 12.5 Å². The largest absolute Gasteiger partial charge is 0.396 e. The van der Waals surface area contributed by atoms with E-state index < -0.39 is 0 Å². The van der Waals surface area contributed by atoms with E-state index in [2.05, 4.69) is 32.8 Å². The molecule has 0 aromatic carbocycles. The Labute approximate surface area is 85.8 Å². The Bertz CT molecular complexity index is 321. The zero-order chi connectivity index (χ0) is 10.9. The molecule has 0 unspecified atom stereocenters. The van der Waals surface area contributed by atoms with Crippen LogP contribution in [0.4, 0.5) is 0 Å². The monoisotopic (exact) mass is 196 g/mol. The van der Waals surface area contributed by atoms with Crippen LogP contribution >= 0.6 is 0 Å². The zero-order valence-corrected chi connectivity index (χ0v) is 9.76. The normalized spacial score (nSPS) is 12.1. The Balaban J connectivity index is 3.18. The van der Waals surface area contributed by atoms with Gasteiger partial charge in [-0.15, -0.1) is 0 Å². The van der Waals surface area contributed by atoms with Crippen molar-refractivity contribution in [3.05, 3.63) is 17.0 Å². The van der Waals surface area contributed by atoms with Crippen LogP contribution < -0.4 is 0 Å². The molecular weight excluding hydrogens is 176 g/mol. The minimum absolute atomic E-state index is 0.111. The van der Waals surface area contributed by atoms with Crippen molar-refractivity contribution in [2.45, 2.75) is 39.5 Å². The van der Waals surface area contributed by atoms with Crippen molar-refractivity contribution in [1.82, 2.24) is 9.78 Å². The van der Waals surface area contributed by atoms with Gasteiger partial charge in [0.2, 0.25) is 0 Å². The van der Waals surface area contributed by atoms with Crippen LogP contribution in [0.15, 0.2) is 0 Å². The second kappa shape index (κ2) is 3.73. The molecule has 1 rings (SSSR count). The van der Waals surface area contributed by atoms with Gasteiger partial charge in [0.05, 0.1) is 5.69 Å². The van der Waals surface area contributed by atoms with Crippen LogP contribution in [-0.4, -0.2) is 21.5 Å². The number of hydrogen-bond donors (Lipinski definition) is 1. The van der Waals surface area contributed by atoms with Gasteiger partial charge in [-0.1, -0.05) is 20.8 Å². The molecule has 0 amide bonds. The summed E-state index contributed by atoms with van der Waals surface area (Å²) in [7, 11) is 1.97. The molecule has 1 aromatic heterocycles. The van der Waals surface area contributed by atoms with Crippen molar-refractivity contribution >= 4 is 0 Å². The van der Waals surface area contributed by atoms with Crippen molar-refractivity contribution in [3.8, 4) is 0 Å². The Morgan fingerprint density at radius 1 is 1.36 bits per heavy atom. The molecule has 0 fully saturated rings. The fraction of sp³-hybridized carbons (Fsp3) is 0.727. The van der Waals surface area contributed by atoms with E-state index in [0.717, 1.165) is 5.69 Å². The van der Waals surface area contributed by atoms with E-state index >= 15 is 0 Å². The molecule has 0 bridgehead atoms. The van der Waals surface area contributed by atoms with Gasteiger partial charge in [-0.2, -0.15) is 5.10 Å². The first-order valence-corrected chi connectivity index (χ1v) is 5.01.